The summed E-state index contributed by atoms with van der Waals surface area (Å²) in [5, 5.41) is 0. The summed E-state index contributed by atoms with van der Waals surface area (Å²) in [5.74, 6) is 1.81. The van der Waals surface area contributed by atoms with Crippen LogP contribution in [0.25, 0.3) is 0 Å². The van der Waals surface area contributed by atoms with Gasteiger partial charge in [0.15, 0.2) is 0 Å². The first kappa shape index (κ1) is 12.3. The first-order valence-electron chi connectivity index (χ1n) is 6.53. The molecule has 1 atom stereocenters. The summed E-state index contributed by atoms with van der Waals surface area (Å²) < 4.78 is 0. The van der Waals surface area contributed by atoms with Crippen LogP contribution < -0.4 is 4.90 Å². The third-order valence-corrected chi connectivity index (χ3v) is 3.51. The monoisotopic (exact) mass is 234 g/mol. The number of rotatable bonds is 4. The van der Waals surface area contributed by atoms with E-state index in [9.17, 15) is 0 Å². The van der Waals surface area contributed by atoms with Crippen LogP contribution in [-0.2, 0) is 0 Å². The highest BCUT2D eigenvalue weighted by atomic mass is 15.3. The lowest BCUT2D eigenvalue weighted by Gasteiger charge is -2.36. The van der Waals surface area contributed by atoms with Gasteiger partial charge in [-0.3, -0.25) is 9.88 Å². The van der Waals surface area contributed by atoms with E-state index >= 15 is 0 Å². The third-order valence-electron chi connectivity index (χ3n) is 3.51. The Hall–Kier alpha value is -1.16. The van der Waals surface area contributed by atoms with E-state index in [-0.39, 0.29) is 0 Å². The molecular weight excluding hydrogens is 212 g/mol. The van der Waals surface area contributed by atoms with Crippen LogP contribution in [0.1, 0.15) is 20.3 Å². The van der Waals surface area contributed by atoms with Gasteiger partial charge in [-0.1, -0.05) is 20.3 Å². The van der Waals surface area contributed by atoms with Crippen LogP contribution >= 0.6 is 0 Å². The standard InChI is InChI=1S/C13H22N4/c1-3-12(2)11-16-6-8-17(9-7-16)13-10-14-4-5-15-13/h4-5,10,12H,3,6-9,11H2,1-2H3. The van der Waals surface area contributed by atoms with Gasteiger partial charge >= 0.3 is 0 Å². The van der Waals surface area contributed by atoms with E-state index in [0.717, 1.165) is 37.9 Å². The SMILES string of the molecule is CCC(C)CN1CCN(c2cnccn2)CC1. The summed E-state index contributed by atoms with van der Waals surface area (Å²) >= 11 is 0. The second-order valence-corrected chi connectivity index (χ2v) is 4.86. The van der Waals surface area contributed by atoms with Gasteiger partial charge in [-0.05, 0) is 5.92 Å². The van der Waals surface area contributed by atoms with Crippen molar-refractivity contribution in [2.24, 2.45) is 5.92 Å². The van der Waals surface area contributed by atoms with Crippen LogP contribution in [0.2, 0.25) is 0 Å². The predicted octanol–water partition coefficient (Wildman–Crippen LogP) is 1.64. The Bertz CT molecular complexity index is 319. The minimum atomic E-state index is 0.804. The summed E-state index contributed by atoms with van der Waals surface area (Å²) in [6.07, 6.45) is 6.61. The lowest BCUT2D eigenvalue weighted by atomic mass is 10.1. The number of piperazine rings is 1. The van der Waals surface area contributed by atoms with Crippen molar-refractivity contribution in [3.05, 3.63) is 18.6 Å². The lowest BCUT2D eigenvalue weighted by Crippen LogP contribution is -2.47. The van der Waals surface area contributed by atoms with Crippen LogP contribution in [0.3, 0.4) is 0 Å². The van der Waals surface area contributed by atoms with Crippen molar-refractivity contribution in [2.45, 2.75) is 20.3 Å². The third kappa shape index (κ3) is 3.40. The van der Waals surface area contributed by atoms with Gasteiger partial charge < -0.3 is 4.90 Å². The lowest BCUT2D eigenvalue weighted by molar-refractivity contribution is 0.222. The van der Waals surface area contributed by atoms with Gasteiger partial charge in [-0.2, -0.15) is 0 Å². The van der Waals surface area contributed by atoms with E-state index < -0.39 is 0 Å². The Morgan fingerprint density at radius 3 is 2.59 bits per heavy atom. The molecule has 1 aliphatic heterocycles. The molecule has 0 radical (unpaired) electrons. The molecule has 1 fully saturated rings. The molecule has 2 rings (SSSR count). The average molecular weight is 234 g/mol. The first-order valence-corrected chi connectivity index (χ1v) is 6.53. The molecule has 1 unspecified atom stereocenters. The molecule has 94 valence electrons. The second-order valence-electron chi connectivity index (χ2n) is 4.86. The summed E-state index contributed by atoms with van der Waals surface area (Å²) in [6.45, 7) is 10.2. The number of hydrogen-bond donors (Lipinski definition) is 0. The maximum Gasteiger partial charge on any atom is 0.147 e. The molecule has 1 aromatic rings. The van der Waals surface area contributed by atoms with Gasteiger partial charge in [0, 0.05) is 45.1 Å². The van der Waals surface area contributed by atoms with Crippen molar-refractivity contribution in [2.75, 3.05) is 37.6 Å². The molecule has 0 saturated carbocycles. The maximum atomic E-state index is 4.35. The van der Waals surface area contributed by atoms with E-state index in [2.05, 4.69) is 33.6 Å². The average Bonchev–Trinajstić information content (AvgIpc) is 2.40. The van der Waals surface area contributed by atoms with Gasteiger partial charge in [0.05, 0.1) is 6.20 Å². The molecule has 2 heterocycles. The number of nitrogens with zero attached hydrogens (tertiary/aromatic N) is 4. The zero-order chi connectivity index (χ0) is 12.1. The molecule has 0 aromatic carbocycles. The number of hydrogen-bond acceptors (Lipinski definition) is 4. The van der Waals surface area contributed by atoms with E-state index in [1.54, 1.807) is 12.4 Å². The first-order chi connectivity index (χ1) is 8.29. The fraction of sp³-hybridized carbons (Fsp3) is 0.692. The molecular formula is C13H22N4. The van der Waals surface area contributed by atoms with Crippen LogP contribution in [0, 0.1) is 5.92 Å². The maximum absolute atomic E-state index is 4.35. The molecule has 1 aliphatic rings. The van der Waals surface area contributed by atoms with Crippen molar-refractivity contribution >= 4 is 5.82 Å². The molecule has 4 nitrogen and oxygen atoms in total. The van der Waals surface area contributed by atoms with E-state index in [0.29, 0.717) is 0 Å². The van der Waals surface area contributed by atoms with Crippen molar-refractivity contribution in [3.63, 3.8) is 0 Å². The van der Waals surface area contributed by atoms with Crippen LogP contribution in [0.4, 0.5) is 5.82 Å². The van der Waals surface area contributed by atoms with Gasteiger partial charge in [0.2, 0.25) is 0 Å². The molecule has 0 bridgehead atoms. The molecule has 0 N–H and O–H groups in total. The normalized spacial score (nSPS) is 19.3. The summed E-state index contributed by atoms with van der Waals surface area (Å²) in [6, 6.07) is 0. The molecule has 0 aliphatic carbocycles. The van der Waals surface area contributed by atoms with Crippen LogP contribution in [0.5, 0.6) is 0 Å². The fourth-order valence-corrected chi connectivity index (χ4v) is 2.18. The minimum absolute atomic E-state index is 0.804. The Morgan fingerprint density at radius 1 is 1.24 bits per heavy atom. The highest BCUT2D eigenvalue weighted by molar-refractivity contribution is 5.35. The van der Waals surface area contributed by atoms with Crippen LogP contribution in [0.15, 0.2) is 18.6 Å². The molecule has 4 heteroatoms. The van der Waals surface area contributed by atoms with E-state index in [4.69, 9.17) is 0 Å². The Kier molecular flexibility index (Phi) is 4.31. The Balaban J connectivity index is 1.82. The smallest absolute Gasteiger partial charge is 0.147 e. The van der Waals surface area contributed by atoms with Crippen LogP contribution in [-0.4, -0.2) is 47.6 Å². The number of anilines is 1. The Labute approximate surface area is 104 Å². The molecule has 0 amide bonds. The quantitative estimate of drug-likeness (QED) is 0.793. The van der Waals surface area contributed by atoms with Crippen molar-refractivity contribution in [3.8, 4) is 0 Å². The van der Waals surface area contributed by atoms with Gasteiger partial charge in [-0.15, -0.1) is 0 Å². The summed E-state index contributed by atoms with van der Waals surface area (Å²) in [7, 11) is 0. The molecule has 17 heavy (non-hydrogen) atoms. The zero-order valence-corrected chi connectivity index (χ0v) is 10.8. The van der Waals surface area contributed by atoms with E-state index in [1.165, 1.54) is 13.0 Å². The highest BCUT2D eigenvalue weighted by Gasteiger charge is 2.18. The second kappa shape index (κ2) is 5.96. The molecule has 1 saturated heterocycles. The summed E-state index contributed by atoms with van der Waals surface area (Å²) in [5.41, 5.74) is 0. The zero-order valence-electron chi connectivity index (χ0n) is 10.8. The van der Waals surface area contributed by atoms with Crippen molar-refractivity contribution < 1.29 is 0 Å². The topological polar surface area (TPSA) is 32.3 Å². The molecule has 0 spiro atoms. The summed E-state index contributed by atoms with van der Waals surface area (Å²) in [4.78, 5) is 13.3. The minimum Gasteiger partial charge on any atom is -0.353 e. The van der Waals surface area contributed by atoms with Gasteiger partial charge in [0.1, 0.15) is 5.82 Å². The van der Waals surface area contributed by atoms with Crippen molar-refractivity contribution in [1.82, 2.24) is 14.9 Å². The van der Waals surface area contributed by atoms with E-state index in [1.807, 2.05) is 6.20 Å². The molecule has 1 aromatic heterocycles. The Morgan fingerprint density at radius 2 is 2.00 bits per heavy atom. The highest BCUT2D eigenvalue weighted by Crippen LogP contribution is 2.13. The van der Waals surface area contributed by atoms with Gasteiger partial charge in [0.25, 0.3) is 0 Å². The predicted molar refractivity (Wildman–Crippen MR) is 70.1 cm³/mol. The largest absolute Gasteiger partial charge is 0.353 e. The van der Waals surface area contributed by atoms with Crippen molar-refractivity contribution in [1.29, 1.82) is 0 Å². The fourth-order valence-electron chi connectivity index (χ4n) is 2.18. The van der Waals surface area contributed by atoms with Gasteiger partial charge in [-0.25, -0.2) is 4.98 Å². The number of aromatic nitrogens is 2.